The van der Waals surface area contributed by atoms with Crippen molar-refractivity contribution in [3.63, 3.8) is 0 Å². The molecule has 24 nitrogen and oxygen atoms in total. The number of aliphatic hydroxyl groups is 2. The van der Waals surface area contributed by atoms with Crippen LogP contribution in [0, 0.1) is 5.41 Å². The second-order valence-corrected chi connectivity index (χ2v) is 24.1. The molecule has 0 aliphatic carbocycles. The number of nitrogens with zero attached hydrogens (tertiary/aromatic N) is 4. The number of imidazole rings is 1. The summed E-state index contributed by atoms with van der Waals surface area (Å²) in [6, 6.07) is 0. The topological polar surface area (TPSA) is 364 Å². The Morgan fingerprint density at radius 2 is 1.40 bits per heavy atom. The van der Waals surface area contributed by atoms with Crippen molar-refractivity contribution in [3.8, 4) is 0 Å². The van der Waals surface area contributed by atoms with Crippen LogP contribution in [0.3, 0.4) is 0 Å². The molecule has 0 spiro atoms. The summed E-state index contributed by atoms with van der Waals surface area (Å²) in [6.45, 7) is 2.83. The van der Waals surface area contributed by atoms with Crippen molar-refractivity contribution < 1.29 is 80.5 Å². The zero-order valence-corrected chi connectivity index (χ0v) is 45.9. The predicted octanol–water partition coefficient (Wildman–Crippen LogP) is 7.04. The van der Waals surface area contributed by atoms with Crippen molar-refractivity contribution in [3.05, 3.63) is 24.8 Å². The van der Waals surface area contributed by atoms with E-state index in [2.05, 4.69) is 53.5 Å². The van der Waals surface area contributed by atoms with E-state index in [4.69, 9.17) is 19.5 Å². The molecule has 0 saturated carbocycles. The first-order chi connectivity index (χ1) is 34.6. The van der Waals surface area contributed by atoms with E-state index in [0.717, 1.165) is 48.2 Å². The fraction of sp³-hybridized carbons (Fsp3) is 0.778. The van der Waals surface area contributed by atoms with Crippen LogP contribution in [0.2, 0.25) is 0 Å². The minimum Gasteiger partial charge on any atom is -0.386 e. The lowest BCUT2D eigenvalue weighted by atomic mass is 9.87. The van der Waals surface area contributed by atoms with Crippen molar-refractivity contribution in [2.45, 2.75) is 186 Å². The van der Waals surface area contributed by atoms with Crippen LogP contribution in [-0.2, 0) is 50.7 Å². The van der Waals surface area contributed by atoms with Crippen LogP contribution in [0.15, 0.2) is 24.8 Å². The summed E-state index contributed by atoms with van der Waals surface area (Å²) in [7, 11) is -16.4. The highest BCUT2D eigenvalue weighted by molar-refractivity contribution is 8.13. The molecule has 1 saturated heterocycles. The van der Waals surface area contributed by atoms with Gasteiger partial charge >= 0.3 is 23.5 Å². The molecule has 2 aromatic rings. The van der Waals surface area contributed by atoms with Crippen molar-refractivity contribution in [1.82, 2.24) is 30.2 Å². The molecule has 73 heavy (non-hydrogen) atoms. The number of aliphatic hydroxyl groups excluding tert-OH is 2. The summed E-state index contributed by atoms with van der Waals surface area (Å²) >= 11 is 1.16. The molecule has 1 aliphatic heterocycles. The number of hydrogen-bond acceptors (Lipinski definition) is 18. The number of hydrogen-bond donors (Lipinski definition) is 9. The first kappa shape index (κ1) is 64.6. The van der Waals surface area contributed by atoms with E-state index >= 15 is 0 Å². The highest BCUT2D eigenvalue weighted by Crippen LogP contribution is 2.61. The number of ether oxygens (including phenoxy) is 1. The van der Waals surface area contributed by atoms with Crippen molar-refractivity contribution >= 4 is 69.1 Å². The number of rotatable bonds is 40. The molecule has 0 aromatic carbocycles. The lowest BCUT2D eigenvalue weighted by Gasteiger charge is -2.30. The smallest absolute Gasteiger partial charge is 0.386 e. The molecule has 3 rings (SSSR count). The fourth-order valence-electron chi connectivity index (χ4n) is 7.77. The lowest BCUT2D eigenvalue weighted by Crippen LogP contribution is -2.46. The number of phosphoric ester groups is 3. The number of carbonyl (C=O) groups excluding carboxylic acids is 3. The fourth-order valence-corrected chi connectivity index (χ4v) is 11.3. The van der Waals surface area contributed by atoms with E-state index in [1.807, 2.05) is 0 Å². The number of anilines is 1. The quantitative estimate of drug-likeness (QED) is 0.0183. The average molecular weight is 1120 g/mol. The highest BCUT2D eigenvalue weighted by atomic mass is 32.2. The Balaban J connectivity index is 1.23. The van der Waals surface area contributed by atoms with Gasteiger partial charge in [-0.1, -0.05) is 135 Å². The molecule has 2 aromatic heterocycles. The number of nitrogen functional groups attached to an aromatic ring is 1. The molecule has 2 amide bonds. The molecular formula is C45H80N7O17P3S. The van der Waals surface area contributed by atoms with Gasteiger partial charge < -0.3 is 50.9 Å². The number of aromatic nitrogens is 4. The zero-order valence-electron chi connectivity index (χ0n) is 42.4. The van der Waals surface area contributed by atoms with E-state index in [-0.39, 0.29) is 41.6 Å². The van der Waals surface area contributed by atoms with Gasteiger partial charge in [0.15, 0.2) is 22.8 Å². The lowest BCUT2D eigenvalue weighted by molar-refractivity contribution is -0.137. The summed E-state index contributed by atoms with van der Waals surface area (Å²) in [6.07, 6.45) is 22.0. The average Bonchev–Trinajstić information content (AvgIpc) is 3.88. The number of nitrogens with two attached hydrogens (primary N) is 1. The van der Waals surface area contributed by atoms with Gasteiger partial charge in [0.2, 0.25) is 11.8 Å². The summed E-state index contributed by atoms with van der Waals surface area (Å²) in [5.41, 5.74) is 4.29. The molecule has 10 N–H and O–H groups in total. The Labute approximate surface area is 432 Å². The third kappa shape index (κ3) is 25.8. The first-order valence-electron chi connectivity index (χ1n) is 25.3. The molecular weight excluding hydrogens is 1040 g/mol. The Kier molecular flexibility index (Phi) is 29.6. The van der Waals surface area contributed by atoms with Crippen LogP contribution < -0.4 is 16.4 Å². The number of thioether (sulfide) groups is 1. The Bertz CT molecular complexity index is 2150. The summed E-state index contributed by atoms with van der Waals surface area (Å²) in [4.78, 5) is 88.6. The van der Waals surface area contributed by atoms with Gasteiger partial charge in [0, 0.05) is 37.1 Å². The Hall–Kier alpha value is -2.70. The molecule has 418 valence electrons. The van der Waals surface area contributed by atoms with Crippen LogP contribution in [0.1, 0.15) is 162 Å². The summed E-state index contributed by atoms with van der Waals surface area (Å²) < 4.78 is 62.5. The monoisotopic (exact) mass is 1120 g/mol. The van der Waals surface area contributed by atoms with Gasteiger partial charge in [0.25, 0.3) is 0 Å². The van der Waals surface area contributed by atoms with Crippen molar-refractivity contribution in [1.29, 1.82) is 0 Å². The number of fused-ring (bicyclic) bond motifs is 1. The Morgan fingerprint density at radius 1 is 0.822 bits per heavy atom. The van der Waals surface area contributed by atoms with Gasteiger partial charge in [-0.3, -0.25) is 32.5 Å². The van der Waals surface area contributed by atoms with Crippen LogP contribution in [0.25, 0.3) is 11.2 Å². The van der Waals surface area contributed by atoms with Gasteiger partial charge in [-0.15, -0.1) is 0 Å². The highest BCUT2D eigenvalue weighted by Gasteiger charge is 2.50. The molecule has 0 bridgehead atoms. The van der Waals surface area contributed by atoms with Gasteiger partial charge in [-0.25, -0.2) is 28.6 Å². The van der Waals surface area contributed by atoms with Crippen molar-refractivity contribution in [2.75, 3.05) is 37.8 Å². The van der Waals surface area contributed by atoms with Crippen LogP contribution in [-0.4, -0.2) is 123 Å². The maximum atomic E-state index is 12.8. The first-order valence-corrected chi connectivity index (χ1v) is 30.8. The van der Waals surface area contributed by atoms with Gasteiger partial charge in [0.05, 0.1) is 19.5 Å². The van der Waals surface area contributed by atoms with Gasteiger partial charge in [-0.2, -0.15) is 4.31 Å². The number of allylic oxidation sites excluding steroid dienone is 2. The van der Waals surface area contributed by atoms with Crippen LogP contribution in [0.4, 0.5) is 5.82 Å². The largest absolute Gasteiger partial charge is 0.481 e. The number of amides is 2. The van der Waals surface area contributed by atoms with Crippen LogP contribution in [0.5, 0.6) is 0 Å². The molecule has 7 atom stereocenters. The SMILES string of the molecule is CCCCCCCC/C=C\CCCCCCCCCCCCCC(=O)SCCNC(=O)CCNC(=O)[C@H](O)C(C)(C)COP(=O)(O)OP(=O)(O)OC[C@H]1O[C@@H](n2cnc3c(N)ncnc32)C(O)[C@H]1OP(=O)(O)O. The number of unbranched alkanes of at least 4 members (excludes halogenated alkanes) is 17. The molecule has 3 heterocycles. The number of carbonyl (C=O) groups is 3. The third-order valence-corrected chi connectivity index (χ3v) is 15.9. The Morgan fingerprint density at radius 3 is 2.00 bits per heavy atom. The maximum Gasteiger partial charge on any atom is 0.481 e. The predicted molar refractivity (Wildman–Crippen MR) is 274 cm³/mol. The van der Waals surface area contributed by atoms with E-state index in [9.17, 15) is 57.9 Å². The molecule has 0 radical (unpaired) electrons. The third-order valence-electron chi connectivity index (χ3n) is 11.9. The number of phosphoric acid groups is 3. The summed E-state index contributed by atoms with van der Waals surface area (Å²) in [5.74, 6) is -1.02. The van der Waals surface area contributed by atoms with Crippen LogP contribution >= 0.6 is 35.2 Å². The molecule has 3 unspecified atom stereocenters. The molecule has 28 heteroatoms. The minimum absolute atomic E-state index is 0.0339. The zero-order chi connectivity index (χ0) is 53.9. The second kappa shape index (κ2) is 33.5. The minimum atomic E-state index is -5.58. The number of nitrogens with one attached hydrogen (secondary N) is 2. The standard InChI is InChI=1S/C45H80N7O17P3S/c1-4-5-6-7-8-9-10-11-12-13-14-15-16-17-18-19-20-21-22-23-24-25-36(54)73-29-28-47-35(53)26-27-48-43(57)40(56)45(2,3)31-66-72(63,64)69-71(61,62)65-30-34-39(68-70(58,59)60)38(55)44(67-34)52-33-51-37-41(46)49-32-50-42(37)52/h11-12,32-34,38-40,44,55-56H,4-10,13-31H2,1-3H3,(H,47,53)(H,48,57)(H,61,62)(H,63,64)(H2,46,49,50)(H2,58,59,60)/b12-11-/t34-,38?,39+,40+,44-/m1/s1. The van der Waals surface area contributed by atoms with E-state index in [1.54, 1.807) is 0 Å². The second-order valence-electron chi connectivity index (χ2n) is 18.7. The van der Waals surface area contributed by atoms with E-state index in [1.165, 1.54) is 117 Å². The molecule has 1 aliphatic rings. The summed E-state index contributed by atoms with van der Waals surface area (Å²) in [5, 5.41) is 26.7. The molecule has 1 fully saturated rings. The maximum absolute atomic E-state index is 12.8. The van der Waals surface area contributed by atoms with Gasteiger partial charge in [0.1, 0.15) is 36.3 Å². The normalized spacial score (nSPS) is 19.5. The van der Waals surface area contributed by atoms with E-state index in [0.29, 0.717) is 12.2 Å². The van der Waals surface area contributed by atoms with E-state index < -0.39 is 84.6 Å². The van der Waals surface area contributed by atoms with Crippen molar-refractivity contribution in [2.24, 2.45) is 5.41 Å². The van der Waals surface area contributed by atoms with Gasteiger partial charge in [-0.05, 0) is 32.1 Å².